The molecule has 0 aliphatic heterocycles. The molecule has 1 unspecified atom stereocenters. The fourth-order valence-corrected chi connectivity index (χ4v) is 1.14. The molecule has 0 saturated carbocycles. The molecule has 1 atom stereocenters. The van der Waals surface area contributed by atoms with Crippen LogP contribution >= 0.6 is 0 Å². The summed E-state index contributed by atoms with van der Waals surface area (Å²) in [6.45, 7) is 6.56. The second-order valence-electron chi connectivity index (χ2n) is 2.52. The summed E-state index contributed by atoms with van der Waals surface area (Å²) < 4.78 is 5.19. The standard InChI is InChI=1S/C8H18O/c1-5-8(6-2)7(3)9-4/h7-8H,5-6H2,1-4H3. The summed E-state index contributed by atoms with van der Waals surface area (Å²) in [6.07, 6.45) is 2.89. The van der Waals surface area contributed by atoms with Crippen LogP contribution in [0.25, 0.3) is 0 Å². The molecule has 0 heterocycles. The van der Waals surface area contributed by atoms with Gasteiger partial charge in [0.05, 0.1) is 6.10 Å². The number of rotatable bonds is 4. The maximum atomic E-state index is 5.19. The van der Waals surface area contributed by atoms with Crippen molar-refractivity contribution in [3.63, 3.8) is 0 Å². The lowest BCUT2D eigenvalue weighted by atomic mass is 9.98. The minimum atomic E-state index is 0.431. The number of hydrogen-bond acceptors (Lipinski definition) is 1. The normalized spacial score (nSPS) is 14.3. The van der Waals surface area contributed by atoms with Gasteiger partial charge in [-0.15, -0.1) is 0 Å². The van der Waals surface area contributed by atoms with Crippen LogP contribution in [0.1, 0.15) is 33.6 Å². The monoisotopic (exact) mass is 130 g/mol. The summed E-state index contributed by atoms with van der Waals surface area (Å²) >= 11 is 0. The zero-order chi connectivity index (χ0) is 7.28. The lowest BCUT2D eigenvalue weighted by molar-refractivity contribution is 0.0635. The van der Waals surface area contributed by atoms with E-state index in [1.165, 1.54) is 12.8 Å². The Balaban J connectivity index is 3.50. The lowest BCUT2D eigenvalue weighted by Crippen LogP contribution is -2.17. The number of hydrogen-bond donors (Lipinski definition) is 0. The summed E-state index contributed by atoms with van der Waals surface area (Å²) in [4.78, 5) is 0. The highest BCUT2D eigenvalue weighted by molar-refractivity contribution is 4.61. The Morgan fingerprint density at radius 2 is 1.67 bits per heavy atom. The van der Waals surface area contributed by atoms with Gasteiger partial charge in [-0.05, 0) is 12.8 Å². The van der Waals surface area contributed by atoms with Crippen molar-refractivity contribution < 1.29 is 4.74 Å². The molecular formula is C8H18O. The van der Waals surface area contributed by atoms with Gasteiger partial charge in [-0.3, -0.25) is 0 Å². The molecule has 0 fully saturated rings. The van der Waals surface area contributed by atoms with E-state index in [9.17, 15) is 0 Å². The Bertz CT molecular complexity index is 57.6. The first-order chi connectivity index (χ1) is 4.26. The highest BCUT2D eigenvalue weighted by atomic mass is 16.5. The molecule has 1 heteroatoms. The highest BCUT2D eigenvalue weighted by Gasteiger charge is 2.10. The Morgan fingerprint density at radius 1 is 1.22 bits per heavy atom. The van der Waals surface area contributed by atoms with E-state index in [0.29, 0.717) is 6.10 Å². The maximum Gasteiger partial charge on any atom is 0.0571 e. The summed E-state index contributed by atoms with van der Waals surface area (Å²) in [5, 5.41) is 0. The van der Waals surface area contributed by atoms with E-state index in [1.807, 2.05) is 0 Å². The van der Waals surface area contributed by atoms with Gasteiger partial charge in [-0.1, -0.05) is 26.7 Å². The minimum absolute atomic E-state index is 0.431. The maximum absolute atomic E-state index is 5.19. The van der Waals surface area contributed by atoms with Gasteiger partial charge in [0.2, 0.25) is 0 Å². The molecule has 0 bridgehead atoms. The number of methoxy groups -OCH3 is 1. The molecular weight excluding hydrogens is 112 g/mol. The van der Waals surface area contributed by atoms with E-state index in [-0.39, 0.29) is 0 Å². The largest absolute Gasteiger partial charge is 0.381 e. The van der Waals surface area contributed by atoms with Crippen molar-refractivity contribution in [3.8, 4) is 0 Å². The third kappa shape index (κ3) is 2.85. The van der Waals surface area contributed by atoms with Crippen molar-refractivity contribution in [3.05, 3.63) is 0 Å². The zero-order valence-electron chi connectivity index (χ0n) is 6.98. The van der Waals surface area contributed by atoms with Crippen LogP contribution in [0, 0.1) is 5.92 Å². The number of ether oxygens (including phenoxy) is 1. The fourth-order valence-electron chi connectivity index (χ4n) is 1.14. The summed E-state index contributed by atoms with van der Waals surface area (Å²) in [6, 6.07) is 0. The molecule has 0 aromatic carbocycles. The van der Waals surface area contributed by atoms with Gasteiger partial charge < -0.3 is 4.74 Å². The van der Waals surface area contributed by atoms with Gasteiger partial charge in [0, 0.05) is 7.11 Å². The first-order valence-electron chi connectivity index (χ1n) is 3.79. The van der Waals surface area contributed by atoms with E-state index in [0.717, 1.165) is 5.92 Å². The predicted octanol–water partition coefficient (Wildman–Crippen LogP) is 2.46. The SMILES string of the molecule is CCC(CC)C(C)OC. The zero-order valence-corrected chi connectivity index (χ0v) is 6.98. The molecule has 0 aliphatic carbocycles. The molecule has 0 spiro atoms. The van der Waals surface area contributed by atoms with Crippen LogP contribution in [0.3, 0.4) is 0 Å². The Kier molecular flexibility index (Phi) is 4.78. The van der Waals surface area contributed by atoms with Crippen LogP contribution in [0.4, 0.5) is 0 Å². The van der Waals surface area contributed by atoms with Gasteiger partial charge >= 0.3 is 0 Å². The minimum Gasteiger partial charge on any atom is -0.381 e. The molecule has 0 aromatic rings. The van der Waals surface area contributed by atoms with Crippen molar-refractivity contribution in [2.45, 2.75) is 39.7 Å². The smallest absolute Gasteiger partial charge is 0.0571 e. The molecule has 0 aliphatic rings. The second-order valence-corrected chi connectivity index (χ2v) is 2.52. The van der Waals surface area contributed by atoms with Crippen molar-refractivity contribution in [2.24, 2.45) is 5.92 Å². The van der Waals surface area contributed by atoms with Crippen molar-refractivity contribution in [1.82, 2.24) is 0 Å². The van der Waals surface area contributed by atoms with Crippen LogP contribution < -0.4 is 0 Å². The van der Waals surface area contributed by atoms with Gasteiger partial charge in [0.15, 0.2) is 0 Å². The summed E-state index contributed by atoms with van der Waals surface area (Å²) in [5.74, 6) is 0.745. The van der Waals surface area contributed by atoms with Crippen molar-refractivity contribution >= 4 is 0 Å². The molecule has 0 amide bonds. The van der Waals surface area contributed by atoms with Crippen LogP contribution in [0.2, 0.25) is 0 Å². The molecule has 56 valence electrons. The summed E-state index contributed by atoms with van der Waals surface area (Å²) in [7, 11) is 1.78. The van der Waals surface area contributed by atoms with E-state index >= 15 is 0 Å². The first kappa shape index (κ1) is 8.96. The molecule has 1 nitrogen and oxygen atoms in total. The van der Waals surface area contributed by atoms with E-state index in [4.69, 9.17) is 4.74 Å². The van der Waals surface area contributed by atoms with Crippen LogP contribution in [0.5, 0.6) is 0 Å². The van der Waals surface area contributed by atoms with Gasteiger partial charge in [0.25, 0.3) is 0 Å². The van der Waals surface area contributed by atoms with Crippen LogP contribution in [-0.4, -0.2) is 13.2 Å². The van der Waals surface area contributed by atoms with Gasteiger partial charge in [0.1, 0.15) is 0 Å². The molecule has 9 heavy (non-hydrogen) atoms. The lowest BCUT2D eigenvalue weighted by Gasteiger charge is -2.18. The average molecular weight is 130 g/mol. The average Bonchev–Trinajstić information content (AvgIpc) is 1.90. The van der Waals surface area contributed by atoms with Gasteiger partial charge in [-0.25, -0.2) is 0 Å². The van der Waals surface area contributed by atoms with Crippen LogP contribution in [0.15, 0.2) is 0 Å². The first-order valence-corrected chi connectivity index (χ1v) is 3.79. The van der Waals surface area contributed by atoms with Crippen molar-refractivity contribution in [2.75, 3.05) is 7.11 Å². The van der Waals surface area contributed by atoms with E-state index < -0.39 is 0 Å². The van der Waals surface area contributed by atoms with Gasteiger partial charge in [-0.2, -0.15) is 0 Å². The Hall–Kier alpha value is -0.0400. The topological polar surface area (TPSA) is 9.23 Å². The fraction of sp³-hybridized carbons (Fsp3) is 1.00. The molecule has 0 N–H and O–H groups in total. The second kappa shape index (κ2) is 4.80. The van der Waals surface area contributed by atoms with E-state index in [1.54, 1.807) is 7.11 Å². The molecule has 0 rings (SSSR count). The predicted molar refractivity (Wildman–Crippen MR) is 40.5 cm³/mol. The quantitative estimate of drug-likeness (QED) is 0.568. The molecule has 0 saturated heterocycles. The molecule has 0 aromatic heterocycles. The van der Waals surface area contributed by atoms with E-state index in [2.05, 4.69) is 20.8 Å². The third-order valence-electron chi connectivity index (χ3n) is 2.08. The highest BCUT2D eigenvalue weighted by Crippen LogP contribution is 2.14. The van der Waals surface area contributed by atoms with Crippen molar-refractivity contribution in [1.29, 1.82) is 0 Å². The van der Waals surface area contributed by atoms with Crippen LogP contribution in [-0.2, 0) is 4.74 Å². The Labute approximate surface area is 58.4 Å². The molecule has 0 radical (unpaired) electrons. The Morgan fingerprint density at radius 3 is 1.78 bits per heavy atom. The third-order valence-corrected chi connectivity index (χ3v) is 2.08. The summed E-state index contributed by atoms with van der Waals surface area (Å²) in [5.41, 5.74) is 0.